The summed E-state index contributed by atoms with van der Waals surface area (Å²) in [4.78, 5) is 19.0. The Bertz CT molecular complexity index is 1060. The number of piperidine rings is 1. The molecule has 8 heteroatoms. The molecule has 1 aliphatic heterocycles. The smallest absolute Gasteiger partial charge is 0.233 e. The normalized spacial score (nSPS) is 18.9. The fourth-order valence-electron chi connectivity index (χ4n) is 4.19. The first-order chi connectivity index (χ1) is 14.9. The summed E-state index contributed by atoms with van der Waals surface area (Å²) in [6.07, 6.45) is 4.64. The molecule has 1 aromatic carbocycles. The van der Waals surface area contributed by atoms with Crippen LogP contribution in [0.1, 0.15) is 25.8 Å². The number of thioether (sulfide) groups is 1. The zero-order valence-corrected chi connectivity index (χ0v) is 19.5. The average Bonchev–Trinajstić information content (AvgIpc) is 3.17. The van der Waals surface area contributed by atoms with Crippen molar-refractivity contribution in [3.63, 3.8) is 0 Å². The number of likely N-dealkylation sites (tertiary alicyclic amines) is 1. The Kier molecular flexibility index (Phi) is 6.62. The van der Waals surface area contributed by atoms with Gasteiger partial charge >= 0.3 is 0 Å². The van der Waals surface area contributed by atoms with E-state index in [1.54, 1.807) is 12.4 Å². The van der Waals surface area contributed by atoms with Crippen LogP contribution in [-0.2, 0) is 4.79 Å². The van der Waals surface area contributed by atoms with Crippen molar-refractivity contribution in [2.45, 2.75) is 32.3 Å². The van der Waals surface area contributed by atoms with Crippen molar-refractivity contribution in [2.75, 3.05) is 18.8 Å². The summed E-state index contributed by atoms with van der Waals surface area (Å²) in [6, 6.07) is 9.57. The van der Waals surface area contributed by atoms with Gasteiger partial charge in [0.2, 0.25) is 5.91 Å². The van der Waals surface area contributed by atoms with Crippen LogP contribution in [0.3, 0.4) is 0 Å². The maximum atomic E-state index is 12.9. The first-order valence-electron chi connectivity index (χ1n) is 10.5. The summed E-state index contributed by atoms with van der Waals surface area (Å²) < 4.78 is 1.98. The van der Waals surface area contributed by atoms with Crippen LogP contribution >= 0.6 is 23.4 Å². The number of amides is 1. The number of carbonyl (C=O) groups excluding carboxylic acids is 1. The van der Waals surface area contributed by atoms with Gasteiger partial charge in [-0.2, -0.15) is 0 Å². The number of hydrogen-bond donors (Lipinski definition) is 0. The topological polar surface area (TPSA) is 63.9 Å². The lowest BCUT2D eigenvalue weighted by atomic mass is 9.92. The maximum Gasteiger partial charge on any atom is 0.233 e. The number of nitrogens with zero attached hydrogens (tertiary/aromatic N) is 5. The molecule has 3 heterocycles. The highest BCUT2D eigenvalue weighted by Crippen LogP contribution is 2.32. The summed E-state index contributed by atoms with van der Waals surface area (Å²) in [7, 11) is 0. The Morgan fingerprint density at radius 3 is 2.55 bits per heavy atom. The Hall–Kier alpha value is -2.38. The number of benzene rings is 1. The molecule has 0 N–H and O–H groups in total. The Morgan fingerprint density at radius 2 is 1.84 bits per heavy atom. The van der Waals surface area contributed by atoms with Crippen molar-refractivity contribution in [2.24, 2.45) is 11.8 Å². The number of halogens is 1. The van der Waals surface area contributed by atoms with Gasteiger partial charge in [0.1, 0.15) is 0 Å². The molecular weight excluding hydrogens is 430 g/mol. The summed E-state index contributed by atoms with van der Waals surface area (Å²) in [5.41, 5.74) is 2.74. The molecule has 0 bridgehead atoms. The van der Waals surface area contributed by atoms with Crippen molar-refractivity contribution in [1.82, 2.24) is 24.6 Å². The molecular formula is C23H26ClN5OS. The minimum Gasteiger partial charge on any atom is -0.341 e. The lowest BCUT2D eigenvalue weighted by molar-refractivity contribution is -0.130. The number of hydrogen-bond acceptors (Lipinski definition) is 5. The van der Waals surface area contributed by atoms with Crippen LogP contribution < -0.4 is 0 Å². The van der Waals surface area contributed by atoms with Gasteiger partial charge in [-0.15, -0.1) is 10.2 Å². The van der Waals surface area contributed by atoms with Gasteiger partial charge < -0.3 is 4.90 Å². The second-order valence-electron chi connectivity index (χ2n) is 8.29. The van der Waals surface area contributed by atoms with Gasteiger partial charge in [0.05, 0.1) is 11.4 Å². The molecule has 1 fully saturated rings. The van der Waals surface area contributed by atoms with E-state index >= 15 is 0 Å². The Morgan fingerprint density at radius 1 is 1.13 bits per heavy atom. The van der Waals surface area contributed by atoms with Crippen LogP contribution in [0.4, 0.5) is 0 Å². The maximum absolute atomic E-state index is 12.9. The Balaban J connectivity index is 1.64. The second-order valence-corrected chi connectivity index (χ2v) is 9.64. The van der Waals surface area contributed by atoms with Crippen LogP contribution in [0.15, 0.2) is 47.9 Å². The van der Waals surface area contributed by atoms with Gasteiger partial charge in [0.25, 0.3) is 0 Å². The summed E-state index contributed by atoms with van der Waals surface area (Å²) in [5, 5.41) is 10.2. The summed E-state index contributed by atoms with van der Waals surface area (Å²) in [5.74, 6) is 2.24. The molecule has 0 spiro atoms. The van der Waals surface area contributed by atoms with E-state index in [1.807, 2.05) is 46.7 Å². The standard InChI is InChI=1S/C23H26ClN5OS/c1-15-11-16(2)13-28(12-15)21(30)14-31-23-27-26-22(18-7-9-25-10-8-18)29(23)20-6-4-5-19(24)17(20)3/h4-10,15-16H,11-14H2,1-3H3. The van der Waals surface area contributed by atoms with Crippen molar-refractivity contribution in [3.8, 4) is 17.1 Å². The quantitative estimate of drug-likeness (QED) is 0.512. The van der Waals surface area contributed by atoms with Gasteiger partial charge in [-0.25, -0.2) is 0 Å². The minimum atomic E-state index is 0.145. The molecule has 2 aromatic heterocycles. The third-order valence-corrected chi connectivity index (χ3v) is 6.92. The fraction of sp³-hybridized carbons (Fsp3) is 0.391. The van der Waals surface area contributed by atoms with E-state index < -0.39 is 0 Å². The van der Waals surface area contributed by atoms with Gasteiger partial charge in [-0.3, -0.25) is 14.3 Å². The van der Waals surface area contributed by atoms with Crippen molar-refractivity contribution >= 4 is 29.3 Å². The predicted molar refractivity (Wildman–Crippen MR) is 125 cm³/mol. The highest BCUT2D eigenvalue weighted by Gasteiger charge is 2.26. The number of rotatable bonds is 5. The van der Waals surface area contributed by atoms with Gasteiger partial charge in [0.15, 0.2) is 11.0 Å². The van der Waals surface area contributed by atoms with Crippen molar-refractivity contribution in [1.29, 1.82) is 0 Å². The summed E-state index contributed by atoms with van der Waals surface area (Å²) in [6.45, 7) is 8.05. The van der Waals surface area contributed by atoms with E-state index in [4.69, 9.17) is 11.6 Å². The lowest BCUT2D eigenvalue weighted by Crippen LogP contribution is -2.43. The first-order valence-corrected chi connectivity index (χ1v) is 11.8. The first kappa shape index (κ1) is 21.8. The fourth-order valence-corrected chi connectivity index (χ4v) is 5.21. The van der Waals surface area contributed by atoms with Crippen LogP contribution in [0, 0.1) is 18.8 Å². The van der Waals surface area contributed by atoms with Crippen LogP contribution in [0.5, 0.6) is 0 Å². The molecule has 0 radical (unpaired) electrons. The van der Waals surface area contributed by atoms with Gasteiger partial charge in [-0.1, -0.05) is 43.3 Å². The van der Waals surface area contributed by atoms with E-state index in [-0.39, 0.29) is 5.91 Å². The van der Waals surface area contributed by atoms with E-state index in [0.29, 0.717) is 33.6 Å². The molecule has 4 rings (SSSR count). The Labute approximate surface area is 192 Å². The highest BCUT2D eigenvalue weighted by molar-refractivity contribution is 7.99. The van der Waals surface area contributed by atoms with E-state index in [1.165, 1.54) is 18.2 Å². The van der Waals surface area contributed by atoms with Crippen molar-refractivity contribution < 1.29 is 4.79 Å². The summed E-state index contributed by atoms with van der Waals surface area (Å²) >= 11 is 7.82. The molecule has 31 heavy (non-hydrogen) atoms. The zero-order chi connectivity index (χ0) is 22.0. The molecule has 0 saturated carbocycles. The largest absolute Gasteiger partial charge is 0.341 e. The van der Waals surface area contributed by atoms with Crippen LogP contribution in [-0.4, -0.2) is 49.4 Å². The number of pyridine rings is 1. The second kappa shape index (κ2) is 9.40. The van der Waals surface area contributed by atoms with Crippen LogP contribution in [0.2, 0.25) is 5.02 Å². The molecule has 1 saturated heterocycles. The SMILES string of the molecule is Cc1c(Cl)cccc1-n1c(SCC(=O)N2CC(C)CC(C)C2)nnc1-c1ccncc1. The van der Waals surface area contributed by atoms with Gasteiger partial charge in [0, 0.05) is 36.1 Å². The third-order valence-electron chi connectivity index (χ3n) is 5.60. The van der Waals surface area contributed by atoms with Crippen molar-refractivity contribution in [3.05, 3.63) is 53.3 Å². The lowest BCUT2D eigenvalue weighted by Gasteiger charge is -2.35. The third kappa shape index (κ3) is 4.77. The molecule has 1 aliphatic rings. The number of aromatic nitrogens is 4. The predicted octanol–water partition coefficient (Wildman–Crippen LogP) is 4.89. The molecule has 6 nitrogen and oxygen atoms in total. The van der Waals surface area contributed by atoms with Gasteiger partial charge in [-0.05, 0) is 55.0 Å². The van der Waals surface area contributed by atoms with E-state index in [0.717, 1.165) is 29.9 Å². The molecule has 2 unspecified atom stereocenters. The monoisotopic (exact) mass is 455 g/mol. The van der Waals surface area contributed by atoms with Crippen LogP contribution in [0.25, 0.3) is 17.1 Å². The average molecular weight is 456 g/mol. The molecule has 1 amide bonds. The molecule has 162 valence electrons. The van der Waals surface area contributed by atoms with E-state index in [2.05, 4.69) is 29.0 Å². The highest BCUT2D eigenvalue weighted by atomic mass is 35.5. The van der Waals surface area contributed by atoms with E-state index in [9.17, 15) is 4.79 Å². The molecule has 2 atom stereocenters. The minimum absolute atomic E-state index is 0.145. The zero-order valence-electron chi connectivity index (χ0n) is 18.0. The number of carbonyl (C=O) groups is 1. The molecule has 3 aromatic rings. The molecule has 0 aliphatic carbocycles.